The number of rotatable bonds is 9. The van der Waals surface area contributed by atoms with Gasteiger partial charge in [-0.1, -0.05) is 81.4 Å². The molecule has 33 heavy (non-hydrogen) atoms. The van der Waals surface area contributed by atoms with E-state index in [1.165, 1.54) is 0 Å². The summed E-state index contributed by atoms with van der Waals surface area (Å²) < 4.78 is 39.8. The molecule has 1 saturated heterocycles. The van der Waals surface area contributed by atoms with Crippen LogP contribution in [0.4, 0.5) is 4.39 Å². The smallest absolute Gasteiger partial charge is 0.228 e. The lowest BCUT2D eigenvalue weighted by Crippen LogP contribution is -2.63. The highest BCUT2D eigenvalue weighted by molar-refractivity contribution is 6.74. The van der Waals surface area contributed by atoms with E-state index in [0.29, 0.717) is 6.61 Å². The summed E-state index contributed by atoms with van der Waals surface area (Å²) in [5.74, 6) is 0. The molecule has 0 bridgehead atoms. The highest BCUT2D eigenvalue weighted by atomic mass is 28.4. The number of aliphatic hydroxyl groups is 1. The number of benzene rings is 2. The van der Waals surface area contributed by atoms with Crippen LogP contribution in [0.25, 0.3) is 0 Å². The maximum atomic E-state index is 15.3. The second kappa shape index (κ2) is 11.2. The van der Waals surface area contributed by atoms with Crippen molar-refractivity contribution in [3.8, 4) is 0 Å². The average molecular weight is 477 g/mol. The standard InChI is InChI=1S/C26H37FO5Si/c1-26(2,3)33(4,5)32-23-22(29-17-19-12-8-6-9-13-19)21(16-28)31-25(27)24(23)30-18-20-14-10-7-11-15-20/h6-15,21-25,28H,16-18H2,1-5H3/t21-,22-,23+,24-,25-/m1/s1. The summed E-state index contributed by atoms with van der Waals surface area (Å²) in [6.07, 6.45) is -4.98. The summed E-state index contributed by atoms with van der Waals surface area (Å²) in [6.45, 7) is 10.8. The van der Waals surface area contributed by atoms with Gasteiger partial charge in [0, 0.05) is 0 Å². The van der Waals surface area contributed by atoms with E-state index < -0.39 is 39.1 Å². The van der Waals surface area contributed by atoms with Crippen molar-refractivity contribution in [3.63, 3.8) is 0 Å². The molecule has 5 nitrogen and oxygen atoms in total. The first-order chi connectivity index (χ1) is 15.6. The molecule has 0 amide bonds. The van der Waals surface area contributed by atoms with Crippen LogP contribution in [0.5, 0.6) is 0 Å². The van der Waals surface area contributed by atoms with E-state index >= 15 is 4.39 Å². The molecule has 1 aliphatic heterocycles. The molecule has 0 spiro atoms. The molecule has 1 aliphatic rings. The summed E-state index contributed by atoms with van der Waals surface area (Å²) in [5, 5.41) is 9.89. The molecule has 1 N–H and O–H groups in total. The minimum atomic E-state index is -2.33. The zero-order valence-corrected chi connectivity index (χ0v) is 21.2. The van der Waals surface area contributed by atoms with Crippen LogP contribution in [0.1, 0.15) is 31.9 Å². The van der Waals surface area contributed by atoms with Crippen LogP contribution in [0.2, 0.25) is 18.1 Å². The summed E-state index contributed by atoms with van der Waals surface area (Å²) in [5.41, 5.74) is 1.91. The molecule has 2 aromatic rings. The highest BCUT2D eigenvalue weighted by Gasteiger charge is 2.52. The van der Waals surface area contributed by atoms with Gasteiger partial charge in [0.05, 0.1) is 19.8 Å². The first kappa shape index (κ1) is 26.0. The van der Waals surface area contributed by atoms with Gasteiger partial charge in [-0.2, -0.15) is 0 Å². The average Bonchev–Trinajstić information content (AvgIpc) is 2.78. The van der Waals surface area contributed by atoms with Crippen LogP contribution in [-0.4, -0.2) is 50.8 Å². The molecule has 182 valence electrons. The fraction of sp³-hybridized carbons (Fsp3) is 0.538. The van der Waals surface area contributed by atoms with Crippen molar-refractivity contribution in [1.82, 2.24) is 0 Å². The zero-order chi connectivity index (χ0) is 24.1. The Morgan fingerprint density at radius 2 is 1.33 bits per heavy atom. The molecule has 7 heteroatoms. The first-order valence-electron chi connectivity index (χ1n) is 11.5. The molecule has 0 radical (unpaired) electrons. The zero-order valence-electron chi connectivity index (χ0n) is 20.2. The molecular weight excluding hydrogens is 439 g/mol. The topological polar surface area (TPSA) is 57.2 Å². The van der Waals surface area contributed by atoms with Crippen molar-refractivity contribution in [1.29, 1.82) is 0 Å². The molecule has 0 unspecified atom stereocenters. The number of alkyl halides is 1. The Hall–Kier alpha value is -1.61. The quantitative estimate of drug-likeness (QED) is 0.502. The van der Waals surface area contributed by atoms with Crippen LogP contribution < -0.4 is 0 Å². The van der Waals surface area contributed by atoms with Gasteiger partial charge in [0.25, 0.3) is 0 Å². The number of halogens is 1. The Morgan fingerprint density at radius 3 is 1.79 bits per heavy atom. The Bertz CT molecular complexity index is 843. The van der Waals surface area contributed by atoms with Crippen molar-refractivity contribution in [2.24, 2.45) is 0 Å². The van der Waals surface area contributed by atoms with Gasteiger partial charge in [-0.25, -0.2) is 4.39 Å². The van der Waals surface area contributed by atoms with E-state index in [1.54, 1.807) is 0 Å². The number of ether oxygens (including phenoxy) is 3. The lowest BCUT2D eigenvalue weighted by molar-refractivity contribution is -0.283. The Morgan fingerprint density at radius 1 is 0.848 bits per heavy atom. The fourth-order valence-electron chi connectivity index (χ4n) is 3.57. The van der Waals surface area contributed by atoms with Crippen LogP contribution in [0.3, 0.4) is 0 Å². The monoisotopic (exact) mass is 476 g/mol. The van der Waals surface area contributed by atoms with Gasteiger partial charge in [0.15, 0.2) is 8.32 Å². The molecular formula is C26H37FO5Si. The van der Waals surface area contributed by atoms with E-state index in [1.807, 2.05) is 60.7 Å². The summed E-state index contributed by atoms with van der Waals surface area (Å²) >= 11 is 0. The lowest BCUT2D eigenvalue weighted by Gasteiger charge is -2.48. The van der Waals surface area contributed by atoms with Gasteiger partial charge in [-0.3, -0.25) is 0 Å². The minimum Gasteiger partial charge on any atom is -0.408 e. The van der Waals surface area contributed by atoms with Crippen LogP contribution in [0.15, 0.2) is 60.7 Å². The van der Waals surface area contributed by atoms with Gasteiger partial charge in [-0.15, -0.1) is 0 Å². The molecule has 1 fully saturated rings. The number of hydrogen-bond acceptors (Lipinski definition) is 5. The predicted molar refractivity (Wildman–Crippen MR) is 129 cm³/mol. The third-order valence-corrected chi connectivity index (χ3v) is 11.0. The lowest BCUT2D eigenvalue weighted by atomic mass is 9.99. The van der Waals surface area contributed by atoms with Gasteiger partial charge in [0.2, 0.25) is 6.36 Å². The maximum absolute atomic E-state index is 15.3. The number of hydrogen-bond donors (Lipinski definition) is 1. The highest BCUT2D eigenvalue weighted by Crippen LogP contribution is 2.40. The largest absolute Gasteiger partial charge is 0.408 e. The Kier molecular flexibility index (Phi) is 8.83. The fourth-order valence-corrected chi connectivity index (χ4v) is 4.88. The normalized spacial score (nSPS) is 26.3. The Labute approximate surface area is 198 Å². The van der Waals surface area contributed by atoms with Crippen LogP contribution in [-0.2, 0) is 31.9 Å². The van der Waals surface area contributed by atoms with Crippen molar-refractivity contribution >= 4 is 8.32 Å². The van der Waals surface area contributed by atoms with Gasteiger partial charge >= 0.3 is 0 Å². The van der Waals surface area contributed by atoms with Gasteiger partial charge in [0.1, 0.15) is 24.4 Å². The summed E-state index contributed by atoms with van der Waals surface area (Å²) in [6, 6.07) is 19.4. The molecule has 0 aliphatic carbocycles. The van der Waals surface area contributed by atoms with E-state index in [9.17, 15) is 5.11 Å². The van der Waals surface area contributed by atoms with E-state index in [0.717, 1.165) is 11.1 Å². The van der Waals surface area contributed by atoms with Crippen molar-refractivity contribution < 1.29 is 28.1 Å². The Balaban J connectivity index is 1.87. The second-order valence-electron chi connectivity index (χ2n) is 10.1. The molecule has 0 saturated carbocycles. The van der Waals surface area contributed by atoms with Crippen molar-refractivity contribution in [2.75, 3.05) is 6.61 Å². The third kappa shape index (κ3) is 6.71. The SMILES string of the molecule is CC(C)(C)[Si](C)(C)O[C@@H]1[C@@H](OCc2ccccc2)[C@H](F)O[C@H](CO)[C@H]1OCc1ccccc1. The van der Waals surface area contributed by atoms with Gasteiger partial charge < -0.3 is 23.7 Å². The maximum Gasteiger partial charge on any atom is 0.228 e. The molecule has 0 aromatic heterocycles. The predicted octanol–water partition coefficient (Wildman–Crippen LogP) is 5.23. The van der Waals surface area contributed by atoms with Crippen molar-refractivity contribution in [2.45, 2.75) is 82.9 Å². The first-order valence-corrected chi connectivity index (χ1v) is 14.4. The summed E-state index contributed by atoms with van der Waals surface area (Å²) in [7, 11) is -2.33. The van der Waals surface area contributed by atoms with Gasteiger partial charge in [-0.05, 0) is 29.3 Å². The second-order valence-corrected chi connectivity index (χ2v) is 14.8. The van der Waals surface area contributed by atoms with Crippen LogP contribution >= 0.6 is 0 Å². The molecule has 1 heterocycles. The van der Waals surface area contributed by atoms with E-state index in [4.69, 9.17) is 18.6 Å². The summed E-state index contributed by atoms with van der Waals surface area (Å²) in [4.78, 5) is 0. The van der Waals surface area contributed by atoms with Crippen LogP contribution in [0, 0.1) is 0 Å². The van der Waals surface area contributed by atoms with E-state index in [2.05, 4.69) is 33.9 Å². The van der Waals surface area contributed by atoms with Crippen molar-refractivity contribution in [3.05, 3.63) is 71.8 Å². The molecule has 2 aromatic carbocycles. The molecule has 5 atom stereocenters. The minimum absolute atomic E-state index is 0.0974. The van der Waals surface area contributed by atoms with E-state index in [-0.39, 0.29) is 18.3 Å². The molecule has 3 rings (SSSR count). The number of aliphatic hydroxyl groups excluding tert-OH is 1. The third-order valence-electron chi connectivity index (χ3n) is 6.56.